The van der Waals surface area contributed by atoms with E-state index in [2.05, 4.69) is 36.9 Å². The predicted molar refractivity (Wildman–Crippen MR) is 321 cm³/mol. The number of aliphatic hydroxyl groups is 3. The van der Waals surface area contributed by atoms with E-state index in [9.17, 15) is 77.6 Å². The first-order valence-corrected chi connectivity index (χ1v) is 32.3. The zero-order chi connectivity index (χ0) is 65.5. The highest BCUT2D eigenvalue weighted by atomic mass is 32.2. The fourth-order valence-corrected chi connectivity index (χ4v) is 13.7. The zero-order valence-corrected chi connectivity index (χ0v) is 51.7. The average molecular weight is 1280 g/mol. The number of aliphatic hydroxyl groups excluding tert-OH is 3. The number of aromatic nitrogens is 1. The Morgan fingerprint density at radius 2 is 1.48 bits per heavy atom. The number of rotatable bonds is 19. The number of nitrogens with one attached hydrogen (secondary N) is 7. The van der Waals surface area contributed by atoms with E-state index in [0.29, 0.717) is 45.2 Å². The summed E-state index contributed by atoms with van der Waals surface area (Å²) in [7, 11) is -2.41. The van der Waals surface area contributed by atoms with Gasteiger partial charge in [0.1, 0.15) is 22.9 Å². The second-order valence-electron chi connectivity index (χ2n) is 24.4. The topological polar surface area (TPSA) is 429 Å². The molecule has 10 amide bonds. The normalized spacial score (nSPS) is 27.2. The number of esters is 1. The molecule has 1 aromatic heterocycles. The summed E-state index contributed by atoms with van der Waals surface area (Å²) in [6.07, 6.45) is 2.98. The van der Waals surface area contributed by atoms with E-state index >= 15 is 4.21 Å². The van der Waals surface area contributed by atoms with Crippen molar-refractivity contribution >= 4 is 98.3 Å². The van der Waals surface area contributed by atoms with Gasteiger partial charge in [-0.1, -0.05) is 46.5 Å². The van der Waals surface area contributed by atoms with Crippen LogP contribution in [0.4, 0.5) is 0 Å². The first-order valence-electron chi connectivity index (χ1n) is 31.0. The van der Waals surface area contributed by atoms with Crippen molar-refractivity contribution in [1.29, 1.82) is 0 Å². The Morgan fingerprint density at radius 3 is 2.16 bits per heavy atom. The van der Waals surface area contributed by atoms with E-state index in [1.165, 1.54) is 42.2 Å². The van der Waals surface area contributed by atoms with Gasteiger partial charge in [0.25, 0.3) is 11.8 Å². The largest absolute Gasteiger partial charge is 0.426 e. The third-order valence-corrected chi connectivity index (χ3v) is 19.2. The van der Waals surface area contributed by atoms with Crippen LogP contribution >= 0.6 is 0 Å². The second-order valence-corrected chi connectivity index (χ2v) is 25.8. The zero-order valence-electron chi connectivity index (χ0n) is 50.9. The maximum Gasteiger partial charge on any atom is 0.311 e. The second kappa shape index (κ2) is 32.3. The van der Waals surface area contributed by atoms with Crippen LogP contribution in [0.2, 0.25) is 0 Å². The molecule has 7 rings (SSSR count). The van der Waals surface area contributed by atoms with Crippen LogP contribution in [0.15, 0.2) is 35.4 Å². The molecule has 11 atom stereocenters. The summed E-state index contributed by atoms with van der Waals surface area (Å²) in [4.78, 5) is 182. The van der Waals surface area contributed by atoms with Crippen molar-refractivity contribution in [3.05, 3.63) is 35.9 Å². The number of nitrogens with two attached hydrogens (primary N) is 1. The molecule has 2 bridgehead atoms. The standard InChI is InChI=1S/C61H84N10O18S/c1-4-32(2)54-59(86)65-26-49(78)66-43-31-90(88)60-41(40-16-15-39(25-42(40)67-60)89-53(82)10-8-6-5-7-9-19-63-56(83)35-13-11-34(12-14-35)28-71-51(80)17-18-52(71)81)20-36(57(84)64-27-50(79)68-54)21-46(75)55(33(3)47(76)30-72)69-58(85)44-24-38(73)29-70(44)61(87)37(22-45(43)74)23-48(62)77/h15-18,25,32-38,43-44,47,54-55,67,72-73,76H,4-14,19-24,26-31H2,1-3H3,(H2,62,77)(H,63,83)(H,64,84)(H,65,86)(H,66,78)(H,68,79)(H,69,85)/t32-,33-,34?,35?,36-,37-,38+,43-,44-,47-,54-,55-,90?/m0/s1. The van der Waals surface area contributed by atoms with Gasteiger partial charge in [-0.3, -0.25) is 71.4 Å². The van der Waals surface area contributed by atoms with Crippen LogP contribution in [-0.2, 0) is 79.5 Å². The van der Waals surface area contributed by atoms with Crippen molar-refractivity contribution in [2.75, 3.05) is 45.1 Å². The van der Waals surface area contributed by atoms with E-state index in [1.54, 1.807) is 13.8 Å². The number of hydrogen-bond acceptors (Lipinski definition) is 18. The molecular formula is C61H84N10O18S. The maximum absolute atomic E-state index is 15.1. The molecule has 1 saturated heterocycles. The first-order chi connectivity index (χ1) is 42.8. The van der Waals surface area contributed by atoms with Gasteiger partial charge in [0, 0.05) is 93.1 Å². The molecular weight excluding hydrogens is 1190 g/mol. The monoisotopic (exact) mass is 1280 g/mol. The third kappa shape index (κ3) is 18.5. The molecule has 5 aliphatic rings. The van der Waals surface area contributed by atoms with Crippen LogP contribution in [0, 0.1) is 35.5 Å². The third-order valence-electron chi connectivity index (χ3n) is 17.8. The fourth-order valence-electron chi connectivity index (χ4n) is 12.3. The highest BCUT2D eigenvalue weighted by molar-refractivity contribution is 7.85. The SMILES string of the molecule is CC[C@H](C)[C@@H]1NC(=O)CNC(=O)[C@@H]2CC(=O)[C@H]([C@@H](C)[C@@H](O)CO)NC(=O)[C@@H]3C[C@@H](O)CN3C(=O)[C@H](CC(N)=O)CC(=O)[C@H](CS(=O)c3[nH]c4cc(OC(=O)CCCCCCCNC(=O)C5CCC(CN6C(=O)C=CC6=O)CC5)ccc4c3C2)NC(=O)CNC1=O. The summed E-state index contributed by atoms with van der Waals surface area (Å²) in [5.74, 6) is -15.3. The summed E-state index contributed by atoms with van der Waals surface area (Å²) >= 11 is 0. The van der Waals surface area contributed by atoms with Crippen molar-refractivity contribution < 1.29 is 86.6 Å². The minimum Gasteiger partial charge on any atom is -0.426 e. The van der Waals surface area contributed by atoms with E-state index in [-0.39, 0.29) is 63.2 Å². The van der Waals surface area contributed by atoms with Gasteiger partial charge >= 0.3 is 5.97 Å². The number of benzene rings is 1. The highest BCUT2D eigenvalue weighted by Crippen LogP contribution is 2.34. The number of ether oxygens (including phenoxy) is 1. The van der Waals surface area contributed by atoms with Crippen LogP contribution < -0.4 is 42.4 Å². The number of amides is 10. The molecule has 90 heavy (non-hydrogen) atoms. The van der Waals surface area contributed by atoms with Crippen molar-refractivity contribution in [2.45, 2.75) is 165 Å². The van der Waals surface area contributed by atoms with Gasteiger partial charge in [0.2, 0.25) is 47.3 Å². The van der Waals surface area contributed by atoms with Crippen molar-refractivity contribution in [1.82, 2.24) is 46.7 Å². The number of primary amides is 1. The summed E-state index contributed by atoms with van der Waals surface area (Å²) in [5.41, 5.74) is 5.92. The molecule has 28 nitrogen and oxygen atoms in total. The van der Waals surface area contributed by atoms with Gasteiger partial charge in [-0.15, -0.1) is 0 Å². The Bertz CT molecular complexity index is 3110. The molecule has 12 N–H and O–H groups in total. The van der Waals surface area contributed by atoms with Crippen LogP contribution in [0.5, 0.6) is 5.75 Å². The van der Waals surface area contributed by atoms with Gasteiger partial charge in [-0.2, -0.15) is 0 Å². The van der Waals surface area contributed by atoms with Gasteiger partial charge in [0.05, 0.1) is 72.0 Å². The molecule has 492 valence electrons. The molecule has 5 heterocycles. The summed E-state index contributed by atoms with van der Waals surface area (Å²) < 4.78 is 20.9. The maximum atomic E-state index is 15.1. The molecule has 1 unspecified atom stereocenters. The summed E-state index contributed by atoms with van der Waals surface area (Å²) in [6, 6.07) is -1.88. The van der Waals surface area contributed by atoms with E-state index < -0.39 is 194 Å². The highest BCUT2D eigenvalue weighted by Gasteiger charge is 2.45. The molecule has 29 heteroatoms. The lowest BCUT2D eigenvalue weighted by molar-refractivity contribution is -0.145. The molecule has 1 aliphatic carbocycles. The number of aromatic amines is 1. The average Bonchev–Trinajstić information content (AvgIpc) is 3.03. The van der Waals surface area contributed by atoms with Gasteiger partial charge in [-0.05, 0) is 74.5 Å². The van der Waals surface area contributed by atoms with Crippen LogP contribution in [0.1, 0.15) is 123 Å². The molecule has 2 fully saturated rings. The van der Waals surface area contributed by atoms with Crippen molar-refractivity contribution in [2.24, 2.45) is 41.2 Å². The number of unbranched alkanes of at least 4 members (excludes halogenated alkanes) is 4. The lowest BCUT2D eigenvalue weighted by Crippen LogP contribution is -2.56. The number of carbonyl (C=O) groups is 13. The minimum atomic E-state index is -2.41. The molecule has 0 spiro atoms. The molecule has 2 aromatic rings. The number of carbonyl (C=O) groups excluding carboxylic acids is 13. The number of Topliss-reactive ketones (excluding diaryl/α,β-unsaturated/α-hetero) is 2. The molecule has 0 radical (unpaired) electrons. The lowest BCUT2D eigenvalue weighted by Gasteiger charge is -2.32. The summed E-state index contributed by atoms with van der Waals surface area (Å²) in [5, 5.41) is 47.6. The van der Waals surface area contributed by atoms with Crippen LogP contribution in [0.25, 0.3) is 10.9 Å². The number of nitrogens with zero attached hydrogens (tertiary/aromatic N) is 2. The summed E-state index contributed by atoms with van der Waals surface area (Å²) in [6.45, 7) is 2.70. The smallest absolute Gasteiger partial charge is 0.311 e. The Labute approximate surface area is 522 Å². The van der Waals surface area contributed by atoms with E-state index in [4.69, 9.17) is 10.5 Å². The van der Waals surface area contributed by atoms with Gasteiger partial charge in [0.15, 0.2) is 11.6 Å². The fraction of sp³-hybridized carbons (Fsp3) is 0.623. The van der Waals surface area contributed by atoms with Crippen molar-refractivity contribution in [3.8, 4) is 5.75 Å². The Morgan fingerprint density at radius 1 is 0.811 bits per heavy atom. The van der Waals surface area contributed by atoms with Gasteiger partial charge in [-0.25, -0.2) is 0 Å². The van der Waals surface area contributed by atoms with Crippen molar-refractivity contribution in [3.63, 3.8) is 0 Å². The number of H-pyrrole nitrogens is 1. The van der Waals surface area contributed by atoms with E-state index in [0.717, 1.165) is 37.0 Å². The van der Waals surface area contributed by atoms with Crippen LogP contribution in [-0.4, -0.2) is 192 Å². The minimum absolute atomic E-state index is 0.0164. The van der Waals surface area contributed by atoms with Crippen LogP contribution in [0.3, 0.4) is 0 Å². The molecule has 1 aromatic carbocycles. The van der Waals surface area contributed by atoms with Gasteiger partial charge < -0.3 is 67.6 Å². The Balaban J connectivity index is 1.13. The number of hydrogen-bond donors (Lipinski definition) is 11. The Kier molecular flexibility index (Phi) is 25.0. The first kappa shape index (κ1) is 69.7. The lowest BCUT2D eigenvalue weighted by atomic mass is 9.81. The number of fused-ring (bicyclic) bond motifs is 5. The predicted octanol–water partition coefficient (Wildman–Crippen LogP) is -1.35. The van der Waals surface area contributed by atoms with E-state index in [1.807, 2.05) is 0 Å². The molecule has 1 saturated carbocycles. The quantitative estimate of drug-likeness (QED) is 0.0335. The Hall–Kier alpha value is -7.76. The number of imide groups is 1. The number of ketones is 2. The molecule has 4 aliphatic heterocycles.